The first kappa shape index (κ1) is 19.9. The summed E-state index contributed by atoms with van der Waals surface area (Å²) in [5.41, 5.74) is 5.05. The zero-order valence-corrected chi connectivity index (χ0v) is 17.9. The van der Waals surface area contributed by atoms with E-state index in [1.165, 1.54) is 22.5 Å². The molecule has 2 nitrogen and oxygen atoms in total. The highest BCUT2D eigenvalue weighted by atomic mass is 79.9. The van der Waals surface area contributed by atoms with E-state index in [1.54, 1.807) is 12.1 Å². The molecule has 4 aromatic rings. The Kier molecular flexibility index (Phi) is 6.55. The largest absolute Gasteiger partial charge is 1.00 e. The van der Waals surface area contributed by atoms with E-state index in [1.807, 2.05) is 29.6 Å². The highest BCUT2D eigenvalue weighted by molar-refractivity contribution is 7.14. The van der Waals surface area contributed by atoms with Gasteiger partial charge in [-0.2, -0.15) is 0 Å². The summed E-state index contributed by atoms with van der Waals surface area (Å²) in [4.78, 5) is 4.65. The summed E-state index contributed by atoms with van der Waals surface area (Å²) in [7, 11) is 0. The normalized spacial score (nSPS) is 10.3. The summed E-state index contributed by atoms with van der Waals surface area (Å²) in [6.07, 6.45) is 0. The van der Waals surface area contributed by atoms with Crippen LogP contribution < -0.4 is 22.3 Å². The monoisotopic (exact) mass is 475 g/mol. The van der Waals surface area contributed by atoms with E-state index in [4.69, 9.17) is 23.2 Å². The van der Waals surface area contributed by atoms with Crippen molar-refractivity contribution in [3.63, 3.8) is 0 Å². The van der Waals surface area contributed by atoms with Gasteiger partial charge in [-0.05, 0) is 23.3 Å². The Morgan fingerprint density at radius 2 is 1.30 bits per heavy atom. The van der Waals surface area contributed by atoms with Gasteiger partial charge in [0.15, 0.2) is 5.13 Å². The Labute approximate surface area is 182 Å². The van der Waals surface area contributed by atoms with E-state index in [0.717, 1.165) is 16.4 Å². The molecule has 0 atom stereocenters. The summed E-state index contributed by atoms with van der Waals surface area (Å²) < 4.78 is 0. The molecule has 0 unspecified atom stereocenters. The highest BCUT2D eigenvalue weighted by Crippen LogP contribution is 2.35. The number of nitrogens with zero attached hydrogens (tertiary/aromatic N) is 1. The van der Waals surface area contributed by atoms with Crippen molar-refractivity contribution >= 4 is 45.4 Å². The number of aromatic nitrogens is 1. The number of halogens is 3. The topological polar surface area (TPSA) is 24.9 Å². The molecule has 0 fully saturated rings. The van der Waals surface area contributed by atoms with Crippen LogP contribution in [0.2, 0.25) is 10.0 Å². The van der Waals surface area contributed by atoms with E-state index >= 15 is 0 Å². The molecule has 3 aromatic carbocycles. The van der Waals surface area contributed by atoms with Crippen molar-refractivity contribution in [2.45, 2.75) is 0 Å². The Bertz CT molecular complexity index is 1010. The van der Waals surface area contributed by atoms with Gasteiger partial charge in [-0.15, -0.1) is 11.3 Å². The summed E-state index contributed by atoms with van der Waals surface area (Å²) in [6, 6.07) is 24.1. The predicted molar refractivity (Wildman–Crippen MR) is 113 cm³/mol. The van der Waals surface area contributed by atoms with E-state index < -0.39 is 0 Å². The number of hydrogen-bond acceptors (Lipinski definition) is 3. The van der Waals surface area contributed by atoms with Crippen LogP contribution in [-0.2, 0) is 0 Å². The van der Waals surface area contributed by atoms with Crippen molar-refractivity contribution in [1.29, 1.82) is 0 Å². The van der Waals surface area contributed by atoms with Gasteiger partial charge >= 0.3 is 0 Å². The first-order chi connectivity index (χ1) is 12.7. The second-order valence-electron chi connectivity index (χ2n) is 5.70. The third kappa shape index (κ3) is 4.53. The predicted octanol–water partition coefficient (Wildman–Crippen LogP) is 4.53. The number of anilines is 2. The van der Waals surface area contributed by atoms with Crippen LogP contribution in [0.15, 0.2) is 78.2 Å². The molecule has 6 heteroatoms. The van der Waals surface area contributed by atoms with Gasteiger partial charge in [-0.1, -0.05) is 83.9 Å². The van der Waals surface area contributed by atoms with Gasteiger partial charge in [0.05, 0.1) is 21.4 Å². The standard InChI is InChI=1S/C21H14Cl2N2S.BrH/c22-17-7-4-8-18(23)20(17)25-21-24-19(13-26-21)16-11-9-15(10-12-16)14-5-2-1-3-6-14;/h1-13H,(H,24,25);1H/p-1. The van der Waals surface area contributed by atoms with E-state index in [2.05, 4.69) is 46.7 Å². The van der Waals surface area contributed by atoms with Gasteiger partial charge in [0.2, 0.25) is 0 Å². The molecule has 1 N–H and O–H groups in total. The molecule has 0 amide bonds. The first-order valence-electron chi connectivity index (χ1n) is 8.03. The first-order valence-corrected chi connectivity index (χ1v) is 9.67. The zero-order valence-electron chi connectivity index (χ0n) is 14.0. The molecular weight excluding hydrogens is 463 g/mol. The van der Waals surface area contributed by atoms with Gasteiger partial charge < -0.3 is 22.3 Å². The van der Waals surface area contributed by atoms with Gasteiger partial charge in [0, 0.05) is 10.9 Å². The summed E-state index contributed by atoms with van der Waals surface area (Å²) >= 11 is 13.9. The van der Waals surface area contributed by atoms with E-state index in [0.29, 0.717) is 15.7 Å². The highest BCUT2D eigenvalue weighted by Gasteiger charge is 2.09. The average Bonchev–Trinajstić information content (AvgIpc) is 3.14. The molecular formula is C21H14BrCl2N2S-. The zero-order chi connectivity index (χ0) is 17.9. The Morgan fingerprint density at radius 3 is 1.96 bits per heavy atom. The van der Waals surface area contributed by atoms with Gasteiger partial charge in [-0.3, -0.25) is 0 Å². The Hall–Kier alpha value is -1.85. The van der Waals surface area contributed by atoms with Crippen molar-refractivity contribution in [3.05, 3.63) is 88.2 Å². The number of hydrogen-bond donors (Lipinski definition) is 1. The summed E-state index contributed by atoms with van der Waals surface area (Å²) in [6.45, 7) is 0. The molecule has 0 aliphatic heterocycles. The molecule has 136 valence electrons. The third-order valence-electron chi connectivity index (χ3n) is 3.99. The molecule has 0 bridgehead atoms. The maximum absolute atomic E-state index is 6.21. The average molecular weight is 477 g/mol. The van der Waals surface area contributed by atoms with Gasteiger partial charge in [-0.25, -0.2) is 4.98 Å². The van der Waals surface area contributed by atoms with Gasteiger partial charge in [0.1, 0.15) is 0 Å². The molecule has 27 heavy (non-hydrogen) atoms. The third-order valence-corrected chi connectivity index (χ3v) is 5.37. The Balaban J connectivity index is 0.00000210. The molecule has 0 radical (unpaired) electrons. The fraction of sp³-hybridized carbons (Fsp3) is 0. The minimum atomic E-state index is 0. The van der Waals surface area contributed by atoms with Crippen molar-refractivity contribution in [3.8, 4) is 22.4 Å². The van der Waals surface area contributed by atoms with Crippen LogP contribution >= 0.6 is 34.5 Å². The van der Waals surface area contributed by atoms with Crippen LogP contribution in [0, 0.1) is 0 Å². The van der Waals surface area contributed by atoms with Crippen LogP contribution in [0.4, 0.5) is 10.8 Å². The lowest BCUT2D eigenvalue weighted by molar-refractivity contribution is -0.00000481. The van der Waals surface area contributed by atoms with Crippen molar-refractivity contribution < 1.29 is 17.0 Å². The van der Waals surface area contributed by atoms with E-state index in [-0.39, 0.29) is 17.0 Å². The number of nitrogens with one attached hydrogen (secondary N) is 1. The van der Waals surface area contributed by atoms with Crippen molar-refractivity contribution in [2.24, 2.45) is 0 Å². The van der Waals surface area contributed by atoms with Crippen molar-refractivity contribution in [1.82, 2.24) is 4.98 Å². The lowest BCUT2D eigenvalue weighted by atomic mass is 10.0. The quantitative estimate of drug-likeness (QED) is 0.468. The molecule has 0 aliphatic rings. The van der Waals surface area contributed by atoms with Crippen LogP contribution in [0.3, 0.4) is 0 Å². The Morgan fingerprint density at radius 1 is 0.704 bits per heavy atom. The minimum absolute atomic E-state index is 0. The van der Waals surface area contributed by atoms with Gasteiger partial charge in [0.25, 0.3) is 0 Å². The molecule has 0 aliphatic carbocycles. The van der Waals surface area contributed by atoms with E-state index in [9.17, 15) is 0 Å². The van der Waals surface area contributed by atoms with Crippen LogP contribution in [0.25, 0.3) is 22.4 Å². The number of benzene rings is 3. The second kappa shape index (κ2) is 8.89. The molecule has 0 spiro atoms. The van der Waals surface area contributed by atoms with Crippen molar-refractivity contribution in [2.75, 3.05) is 5.32 Å². The number of rotatable bonds is 4. The maximum atomic E-state index is 6.21. The minimum Gasteiger partial charge on any atom is -1.00 e. The molecule has 0 saturated heterocycles. The summed E-state index contributed by atoms with van der Waals surface area (Å²) in [5.74, 6) is 0. The molecule has 4 rings (SSSR count). The summed E-state index contributed by atoms with van der Waals surface area (Å²) in [5, 5.41) is 7.12. The number of para-hydroxylation sites is 1. The van der Waals surface area contributed by atoms with Crippen LogP contribution in [0.1, 0.15) is 0 Å². The van der Waals surface area contributed by atoms with Crippen LogP contribution in [0.5, 0.6) is 0 Å². The maximum Gasteiger partial charge on any atom is 0.187 e. The lowest BCUT2D eigenvalue weighted by Crippen LogP contribution is -3.00. The van der Waals surface area contributed by atoms with Crippen LogP contribution in [-0.4, -0.2) is 4.98 Å². The fourth-order valence-electron chi connectivity index (χ4n) is 2.65. The molecule has 1 heterocycles. The second-order valence-corrected chi connectivity index (χ2v) is 7.38. The fourth-order valence-corrected chi connectivity index (χ4v) is 3.87. The SMILES string of the molecule is Clc1cccc(Cl)c1Nc1nc(-c2ccc(-c3ccccc3)cc2)cs1.[Br-]. The number of thiazole rings is 1. The molecule has 0 saturated carbocycles. The molecule has 1 aromatic heterocycles. The lowest BCUT2D eigenvalue weighted by Gasteiger charge is -2.07. The smallest absolute Gasteiger partial charge is 0.187 e.